The van der Waals surface area contributed by atoms with Gasteiger partial charge in [0.05, 0.1) is 12.2 Å². The third kappa shape index (κ3) is 6.23. The fourth-order valence-corrected chi connectivity index (χ4v) is 3.62. The zero-order valence-corrected chi connectivity index (χ0v) is 18.3. The topological polar surface area (TPSA) is 69.6 Å². The minimum Gasteiger partial charge on any atom is -0.353 e. The van der Waals surface area contributed by atoms with Crippen molar-refractivity contribution in [2.24, 2.45) is 0 Å². The Morgan fingerprint density at radius 2 is 1.81 bits per heavy atom. The Kier molecular flexibility index (Phi) is 7.92. The standard InChI is InChI=1S/C23H30FN5O2/c1-3-4-12-29(18(2)30)17-23(31)28-14-5-13-27(15-16-28)22-11-10-21(25-26-22)19-6-8-20(24)9-7-19/h6-11H,3-5,12-17H2,1-2H3. The molecule has 166 valence electrons. The van der Waals surface area contributed by atoms with Crippen LogP contribution >= 0.6 is 0 Å². The summed E-state index contributed by atoms with van der Waals surface area (Å²) in [6, 6.07) is 9.95. The van der Waals surface area contributed by atoms with Crippen molar-refractivity contribution >= 4 is 17.6 Å². The molecule has 1 aliphatic heterocycles. The lowest BCUT2D eigenvalue weighted by Gasteiger charge is -2.26. The molecular weight excluding hydrogens is 397 g/mol. The summed E-state index contributed by atoms with van der Waals surface area (Å²) < 4.78 is 13.1. The van der Waals surface area contributed by atoms with Crippen molar-refractivity contribution in [1.82, 2.24) is 20.0 Å². The van der Waals surface area contributed by atoms with Crippen LogP contribution in [0.1, 0.15) is 33.1 Å². The number of benzene rings is 1. The largest absolute Gasteiger partial charge is 0.353 e. The first kappa shape index (κ1) is 22.7. The molecule has 2 amide bonds. The van der Waals surface area contributed by atoms with Crippen LogP contribution in [0.5, 0.6) is 0 Å². The summed E-state index contributed by atoms with van der Waals surface area (Å²) in [4.78, 5) is 30.2. The molecule has 3 rings (SSSR count). The molecule has 0 atom stereocenters. The summed E-state index contributed by atoms with van der Waals surface area (Å²) in [5.74, 6) is 0.405. The molecular formula is C23H30FN5O2. The van der Waals surface area contributed by atoms with E-state index in [0.717, 1.165) is 37.2 Å². The van der Waals surface area contributed by atoms with Gasteiger partial charge in [0.2, 0.25) is 11.8 Å². The molecule has 0 spiro atoms. The number of carbonyl (C=O) groups is 2. The number of rotatable bonds is 7. The number of carbonyl (C=O) groups excluding carboxylic acids is 2. The quantitative estimate of drug-likeness (QED) is 0.680. The maximum absolute atomic E-state index is 13.1. The highest BCUT2D eigenvalue weighted by Crippen LogP contribution is 2.20. The van der Waals surface area contributed by atoms with E-state index in [0.29, 0.717) is 31.9 Å². The van der Waals surface area contributed by atoms with Crippen LogP contribution in [-0.4, -0.2) is 71.1 Å². The van der Waals surface area contributed by atoms with Gasteiger partial charge >= 0.3 is 0 Å². The second-order valence-electron chi connectivity index (χ2n) is 7.80. The number of unbranched alkanes of at least 4 members (excludes halogenated alkanes) is 1. The van der Waals surface area contributed by atoms with Crippen molar-refractivity contribution in [3.05, 3.63) is 42.2 Å². The van der Waals surface area contributed by atoms with Crippen LogP contribution in [-0.2, 0) is 9.59 Å². The first-order valence-electron chi connectivity index (χ1n) is 10.9. The number of aromatic nitrogens is 2. The molecule has 0 saturated carbocycles. The second kappa shape index (κ2) is 10.8. The number of anilines is 1. The van der Waals surface area contributed by atoms with Crippen LogP contribution in [0.25, 0.3) is 11.3 Å². The molecule has 0 N–H and O–H groups in total. The maximum atomic E-state index is 13.1. The first-order chi connectivity index (χ1) is 15.0. The van der Waals surface area contributed by atoms with Crippen molar-refractivity contribution < 1.29 is 14.0 Å². The Balaban J connectivity index is 1.58. The van der Waals surface area contributed by atoms with E-state index in [1.807, 2.05) is 17.0 Å². The molecule has 7 nitrogen and oxygen atoms in total. The van der Waals surface area contributed by atoms with E-state index >= 15 is 0 Å². The van der Waals surface area contributed by atoms with Crippen molar-refractivity contribution in [2.75, 3.05) is 44.2 Å². The van der Waals surface area contributed by atoms with E-state index in [9.17, 15) is 14.0 Å². The molecule has 2 heterocycles. The van der Waals surface area contributed by atoms with Gasteiger partial charge in [-0.1, -0.05) is 13.3 Å². The van der Waals surface area contributed by atoms with E-state index in [1.165, 1.54) is 19.1 Å². The minimum absolute atomic E-state index is 0.00843. The van der Waals surface area contributed by atoms with Crippen LogP contribution in [0.4, 0.5) is 10.2 Å². The normalized spacial score (nSPS) is 14.3. The average Bonchev–Trinajstić information content (AvgIpc) is 3.03. The summed E-state index contributed by atoms with van der Waals surface area (Å²) in [6.07, 6.45) is 2.70. The van der Waals surface area contributed by atoms with Gasteiger partial charge in [0.1, 0.15) is 5.82 Å². The molecule has 1 aromatic heterocycles. The third-order valence-electron chi connectivity index (χ3n) is 5.52. The highest BCUT2D eigenvalue weighted by Gasteiger charge is 2.22. The van der Waals surface area contributed by atoms with Crippen LogP contribution in [0, 0.1) is 5.82 Å². The Bertz CT molecular complexity index is 873. The number of nitrogens with zero attached hydrogens (tertiary/aromatic N) is 5. The molecule has 1 aliphatic rings. The third-order valence-corrected chi connectivity index (χ3v) is 5.52. The first-order valence-corrected chi connectivity index (χ1v) is 10.9. The summed E-state index contributed by atoms with van der Waals surface area (Å²) >= 11 is 0. The SMILES string of the molecule is CCCCN(CC(=O)N1CCCN(c2ccc(-c3ccc(F)cc3)nn2)CC1)C(C)=O. The molecule has 8 heteroatoms. The van der Waals surface area contributed by atoms with E-state index in [2.05, 4.69) is 22.0 Å². The van der Waals surface area contributed by atoms with Crippen LogP contribution in [0.2, 0.25) is 0 Å². The van der Waals surface area contributed by atoms with Crippen molar-refractivity contribution in [3.63, 3.8) is 0 Å². The molecule has 0 unspecified atom stereocenters. The van der Waals surface area contributed by atoms with Gasteiger partial charge in [-0.25, -0.2) is 4.39 Å². The van der Waals surface area contributed by atoms with Gasteiger partial charge in [-0.05, 0) is 49.2 Å². The summed E-state index contributed by atoms with van der Waals surface area (Å²) in [5.41, 5.74) is 1.50. The van der Waals surface area contributed by atoms with Crippen LogP contribution in [0.15, 0.2) is 36.4 Å². The molecule has 0 bridgehead atoms. The summed E-state index contributed by atoms with van der Waals surface area (Å²) in [6.45, 7) is 7.02. The van der Waals surface area contributed by atoms with Gasteiger partial charge in [0.25, 0.3) is 0 Å². The molecule has 31 heavy (non-hydrogen) atoms. The van der Waals surface area contributed by atoms with Gasteiger partial charge < -0.3 is 14.7 Å². The van der Waals surface area contributed by atoms with E-state index in [-0.39, 0.29) is 24.2 Å². The lowest BCUT2D eigenvalue weighted by molar-refractivity contribution is -0.139. The fourth-order valence-electron chi connectivity index (χ4n) is 3.62. The predicted octanol–water partition coefficient (Wildman–Crippen LogP) is 2.97. The monoisotopic (exact) mass is 427 g/mol. The van der Waals surface area contributed by atoms with Crippen molar-refractivity contribution in [1.29, 1.82) is 0 Å². The zero-order valence-electron chi connectivity index (χ0n) is 18.3. The Morgan fingerprint density at radius 3 is 2.45 bits per heavy atom. The van der Waals surface area contributed by atoms with E-state index in [1.54, 1.807) is 17.0 Å². The zero-order chi connectivity index (χ0) is 22.2. The number of halogens is 1. The number of amides is 2. The molecule has 0 radical (unpaired) electrons. The van der Waals surface area contributed by atoms with Crippen molar-refractivity contribution in [3.8, 4) is 11.3 Å². The van der Waals surface area contributed by atoms with E-state index < -0.39 is 0 Å². The number of hydrogen-bond acceptors (Lipinski definition) is 5. The summed E-state index contributed by atoms with van der Waals surface area (Å²) in [5, 5.41) is 8.63. The maximum Gasteiger partial charge on any atom is 0.242 e. The molecule has 0 aliphatic carbocycles. The van der Waals surface area contributed by atoms with Crippen LogP contribution in [0.3, 0.4) is 0 Å². The lowest BCUT2D eigenvalue weighted by Crippen LogP contribution is -2.44. The summed E-state index contributed by atoms with van der Waals surface area (Å²) in [7, 11) is 0. The van der Waals surface area contributed by atoms with Gasteiger partial charge in [-0.15, -0.1) is 10.2 Å². The van der Waals surface area contributed by atoms with Gasteiger partial charge in [-0.2, -0.15) is 0 Å². The Morgan fingerprint density at radius 1 is 1.03 bits per heavy atom. The average molecular weight is 428 g/mol. The smallest absolute Gasteiger partial charge is 0.242 e. The molecule has 2 aromatic rings. The van der Waals surface area contributed by atoms with Gasteiger partial charge in [0, 0.05) is 45.2 Å². The Labute approximate surface area is 182 Å². The molecule has 1 saturated heterocycles. The highest BCUT2D eigenvalue weighted by atomic mass is 19.1. The number of hydrogen-bond donors (Lipinski definition) is 0. The Hall–Kier alpha value is -3.03. The lowest BCUT2D eigenvalue weighted by atomic mass is 10.1. The van der Waals surface area contributed by atoms with Crippen LogP contribution < -0.4 is 4.90 Å². The second-order valence-corrected chi connectivity index (χ2v) is 7.80. The van der Waals surface area contributed by atoms with E-state index in [4.69, 9.17) is 0 Å². The predicted molar refractivity (Wildman–Crippen MR) is 118 cm³/mol. The molecule has 1 aromatic carbocycles. The fraction of sp³-hybridized carbons (Fsp3) is 0.478. The van der Waals surface area contributed by atoms with Gasteiger partial charge in [-0.3, -0.25) is 9.59 Å². The highest BCUT2D eigenvalue weighted by molar-refractivity contribution is 5.84. The van der Waals surface area contributed by atoms with Crippen molar-refractivity contribution in [2.45, 2.75) is 33.1 Å². The minimum atomic E-state index is -0.284. The molecule has 1 fully saturated rings. The van der Waals surface area contributed by atoms with Gasteiger partial charge in [0.15, 0.2) is 5.82 Å².